The number of carbonyl (C=O) groups excluding carboxylic acids is 1. The van der Waals surface area contributed by atoms with Crippen LogP contribution in [0.2, 0.25) is 0 Å². The van der Waals surface area contributed by atoms with Gasteiger partial charge in [-0.05, 0) is 24.6 Å². The fourth-order valence-corrected chi connectivity index (χ4v) is 2.24. The minimum Gasteiger partial charge on any atom is -0.396 e. The predicted octanol–water partition coefficient (Wildman–Crippen LogP) is 0.624. The van der Waals surface area contributed by atoms with Gasteiger partial charge in [0.05, 0.1) is 5.56 Å². The molecule has 1 aromatic carbocycles. The lowest BCUT2D eigenvalue weighted by Gasteiger charge is -2.16. The number of halogens is 1. The largest absolute Gasteiger partial charge is 0.396 e. The summed E-state index contributed by atoms with van der Waals surface area (Å²) in [5.41, 5.74) is 0.431. The molecule has 1 atom stereocenters. The minimum atomic E-state index is -0.618. The molecule has 1 aliphatic rings. The van der Waals surface area contributed by atoms with Gasteiger partial charge in [0.15, 0.2) is 0 Å². The summed E-state index contributed by atoms with van der Waals surface area (Å²) in [6, 6.07) is 4.15. The Balaban J connectivity index is 2.15. The topological polar surface area (TPSA) is 60.8 Å². The number of aliphatic hydroxyl groups excluding tert-OH is 2. The van der Waals surface area contributed by atoms with E-state index in [0.717, 1.165) is 6.42 Å². The lowest BCUT2D eigenvalue weighted by atomic mass is 10.1. The van der Waals surface area contributed by atoms with Gasteiger partial charge in [0.25, 0.3) is 5.91 Å². The van der Waals surface area contributed by atoms with Gasteiger partial charge >= 0.3 is 0 Å². The molecule has 1 fully saturated rings. The molecule has 1 amide bonds. The highest BCUT2D eigenvalue weighted by Crippen LogP contribution is 2.20. The molecule has 0 aromatic heterocycles. The van der Waals surface area contributed by atoms with E-state index in [4.69, 9.17) is 10.2 Å². The van der Waals surface area contributed by atoms with Crippen molar-refractivity contribution in [3.63, 3.8) is 0 Å². The lowest BCUT2D eigenvalue weighted by molar-refractivity contribution is 0.0777. The zero-order valence-corrected chi connectivity index (χ0v) is 11.0. The monoisotopic (exact) mass is 277 g/mol. The van der Waals surface area contributed by atoms with Crippen molar-refractivity contribution in [1.82, 2.24) is 4.90 Å². The van der Waals surface area contributed by atoms with Crippen molar-refractivity contribution >= 4 is 5.91 Å². The summed E-state index contributed by atoms with van der Waals surface area (Å²) in [6.45, 7) is 0.747. The molecule has 0 saturated carbocycles. The molecule has 106 valence electrons. The van der Waals surface area contributed by atoms with E-state index in [2.05, 4.69) is 11.8 Å². The van der Waals surface area contributed by atoms with Crippen molar-refractivity contribution in [1.29, 1.82) is 0 Å². The Morgan fingerprint density at radius 3 is 2.85 bits per heavy atom. The number of likely N-dealkylation sites (tertiary alicyclic amines) is 1. The number of nitrogens with zero attached hydrogens (tertiary/aromatic N) is 1. The average Bonchev–Trinajstić information content (AvgIpc) is 2.93. The van der Waals surface area contributed by atoms with Gasteiger partial charge in [-0.2, -0.15) is 0 Å². The van der Waals surface area contributed by atoms with E-state index in [1.165, 1.54) is 12.1 Å². The van der Waals surface area contributed by atoms with E-state index in [1.54, 1.807) is 11.0 Å². The van der Waals surface area contributed by atoms with Gasteiger partial charge in [-0.25, -0.2) is 4.39 Å². The Morgan fingerprint density at radius 1 is 1.45 bits per heavy atom. The molecule has 2 N–H and O–H groups in total. The zero-order valence-electron chi connectivity index (χ0n) is 11.0. The van der Waals surface area contributed by atoms with Gasteiger partial charge < -0.3 is 15.1 Å². The van der Waals surface area contributed by atoms with E-state index >= 15 is 0 Å². The van der Waals surface area contributed by atoms with Gasteiger partial charge in [0, 0.05) is 31.2 Å². The maximum Gasteiger partial charge on any atom is 0.256 e. The number of hydrogen-bond donors (Lipinski definition) is 2. The molecule has 0 aliphatic carbocycles. The van der Waals surface area contributed by atoms with Crippen LogP contribution in [0.1, 0.15) is 22.3 Å². The maximum atomic E-state index is 13.9. The van der Waals surface area contributed by atoms with Crippen LogP contribution < -0.4 is 0 Å². The highest BCUT2D eigenvalue weighted by molar-refractivity contribution is 5.94. The predicted molar refractivity (Wildman–Crippen MR) is 71.5 cm³/mol. The molecule has 1 aromatic rings. The second-order valence-corrected chi connectivity index (χ2v) is 4.74. The summed E-state index contributed by atoms with van der Waals surface area (Å²) < 4.78 is 13.9. The number of amides is 1. The van der Waals surface area contributed by atoms with Crippen LogP contribution in [0.25, 0.3) is 0 Å². The molecule has 1 heterocycles. The van der Waals surface area contributed by atoms with E-state index < -0.39 is 5.82 Å². The highest BCUT2D eigenvalue weighted by Gasteiger charge is 2.27. The smallest absolute Gasteiger partial charge is 0.256 e. The summed E-state index contributed by atoms with van der Waals surface area (Å²) in [6.07, 6.45) is 0.740. The molecule has 1 saturated heterocycles. The number of benzene rings is 1. The lowest BCUT2D eigenvalue weighted by Crippen LogP contribution is -2.29. The molecule has 0 radical (unpaired) electrons. The van der Waals surface area contributed by atoms with Gasteiger partial charge in [-0.15, -0.1) is 0 Å². The standard InChI is InChI=1S/C15H16FNO3/c16-14-8-11(2-1-7-18)3-4-13(14)15(20)17-6-5-12(9-17)10-19/h3-4,8,12,18-19H,5-7,9-10H2. The summed E-state index contributed by atoms with van der Waals surface area (Å²) in [7, 11) is 0. The SMILES string of the molecule is O=C(c1ccc(C#CCO)cc1F)N1CCC(CO)C1. The number of aliphatic hydroxyl groups is 2. The van der Waals surface area contributed by atoms with Crippen molar-refractivity contribution < 1.29 is 19.4 Å². The zero-order chi connectivity index (χ0) is 14.5. The summed E-state index contributed by atoms with van der Waals surface area (Å²) in [4.78, 5) is 13.7. The highest BCUT2D eigenvalue weighted by atomic mass is 19.1. The molecule has 1 aliphatic heterocycles. The average molecular weight is 277 g/mol. The Labute approximate surface area is 116 Å². The Hall–Kier alpha value is -1.90. The molecule has 0 spiro atoms. The van der Waals surface area contributed by atoms with Crippen LogP contribution in [0, 0.1) is 23.6 Å². The number of hydrogen-bond acceptors (Lipinski definition) is 3. The summed E-state index contributed by atoms with van der Waals surface area (Å²) >= 11 is 0. The first-order valence-corrected chi connectivity index (χ1v) is 6.45. The van der Waals surface area contributed by atoms with Crippen molar-refractivity contribution in [2.24, 2.45) is 5.92 Å². The fraction of sp³-hybridized carbons (Fsp3) is 0.400. The van der Waals surface area contributed by atoms with E-state index in [1.807, 2.05) is 0 Å². The van der Waals surface area contributed by atoms with E-state index in [0.29, 0.717) is 18.7 Å². The number of carbonyl (C=O) groups is 1. The van der Waals surface area contributed by atoms with Crippen molar-refractivity contribution in [3.05, 3.63) is 35.1 Å². The first-order chi connectivity index (χ1) is 9.65. The van der Waals surface area contributed by atoms with Crippen LogP contribution >= 0.6 is 0 Å². The van der Waals surface area contributed by atoms with Crippen LogP contribution in [0.5, 0.6) is 0 Å². The van der Waals surface area contributed by atoms with E-state index in [9.17, 15) is 9.18 Å². The normalized spacial score (nSPS) is 17.8. The van der Waals surface area contributed by atoms with Crippen molar-refractivity contribution in [2.75, 3.05) is 26.3 Å². The van der Waals surface area contributed by atoms with Crippen LogP contribution in [0.15, 0.2) is 18.2 Å². The van der Waals surface area contributed by atoms with Gasteiger partial charge in [-0.3, -0.25) is 4.79 Å². The fourth-order valence-electron chi connectivity index (χ4n) is 2.24. The first-order valence-electron chi connectivity index (χ1n) is 6.45. The third kappa shape index (κ3) is 3.16. The molecule has 1 unspecified atom stereocenters. The summed E-state index contributed by atoms with van der Waals surface area (Å²) in [5, 5.41) is 17.6. The van der Waals surface area contributed by atoms with Crippen LogP contribution in [0.4, 0.5) is 4.39 Å². The Morgan fingerprint density at radius 2 is 2.25 bits per heavy atom. The Kier molecular flexibility index (Phi) is 4.72. The van der Waals surface area contributed by atoms with Crippen LogP contribution in [-0.4, -0.2) is 47.3 Å². The minimum absolute atomic E-state index is 0.0122. The third-order valence-corrected chi connectivity index (χ3v) is 3.34. The molecule has 4 nitrogen and oxygen atoms in total. The van der Waals surface area contributed by atoms with Crippen LogP contribution in [-0.2, 0) is 0 Å². The quantitative estimate of drug-likeness (QED) is 0.779. The molecule has 2 rings (SSSR count). The number of rotatable bonds is 2. The molecular formula is C15H16FNO3. The van der Waals surface area contributed by atoms with Gasteiger partial charge in [-0.1, -0.05) is 11.8 Å². The van der Waals surface area contributed by atoms with Gasteiger partial charge in [0.2, 0.25) is 0 Å². The van der Waals surface area contributed by atoms with Crippen molar-refractivity contribution in [3.8, 4) is 11.8 Å². The van der Waals surface area contributed by atoms with E-state index in [-0.39, 0.29) is 30.6 Å². The molecular weight excluding hydrogens is 261 g/mol. The second-order valence-electron chi connectivity index (χ2n) is 4.74. The van der Waals surface area contributed by atoms with Gasteiger partial charge in [0.1, 0.15) is 12.4 Å². The third-order valence-electron chi connectivity index (χ3n) is 3.34. The summed E-state index contributed by atoms with van der Waals surface area (Å²) in [5.74, 6) is 4.11. The molecule has 0 bridgehead atoms. The van der Waals surface area contributed by atoms with Crippen LogP contribution in [0.3, 0.4) is 0 Å². The molecule has 5 heteroatoms. The first kappa shape index (κ1) is 14.5. The second kappa shape index (κ2) is 6.51. The molecule has 20 heavy (non-hydrogen) atoms. The maximum absolute atomic E-state index is 13.9. The Bertz CT molecular complexity index is 562. The van der Waals surface area contributed by atoms with Crippen molar-refractivity contribution in [2.45, 2.75) is 6.42 Å².